The van der Waals surface area contributed by atoms with Crippen LogP contribution in [0.1, 0.15) is 5.69 Å². The third-order valence-electron chi connectivity index (χ3n) is 3.14. The first kappa shape index (κ1) is 16.0. The van der Waals surface area contributed by atoms with Gasteiger partial charge in [0.05, 0.1) is 5.52 Å². The molecule has 3 nitrogen and oxygen atoms in total. The molecule has 21 heavy (non-hydrogen) atoms. The van der Waals surface area contributed by atoms with Crippen molar-refractivity contribution in [2.24, 2.45) is 0 Å². The molecule has 0 saturated carbocycles. The summed E-state index contributed by atoms with van der Waals surface area (Å²) in [5.41, 5.74) is -0.412. The molecule has 116 valence electrons. The molecule has 0 aliphatic rings. The summed E-state index contributed by atoms with van der Waals surface area (Å²) in [6, 6.07) is 7.31. The van der Waals surface area contributed by atoms with Crippen molar-refractivity contribution in [2.75, 3.05) is 6.61 Å². The van der Waals surface area contributed by atoms with E-state index in [0.29, 0.717) is 12.1 Å². The Hall–Kier alpha value is -1.34. The Morgan fingerprint density at radius 2 is 1.86 bits per heavy atom. The van der Waals surface area contributed by atoms with E-state index >= 15 is 0 Å². The number of alkyl halides is 3. The second kappa shape index (κ2) is 5.80. The highest BCUT2D eigenvalue weighted by Gasteiger charge is 2.36. The highest BCUT2D eigenvalue weighted by atomic mass is 28.3. The van der Waals surface area contributed by atoms with Gasteiger partial charge in [0, 0.05) is 20.1 Å². The minimum absolute atomic E-state index is 0.0427. The number of fused-ring (bicyclic) bond motifs is 1. The van der Waals surface area contributed by atoms with E-state index in [-0.39, 0.29) is 12.1 Å². The van der Waals surface area contributed by atoms with Gasteiger partial charge >= 0.3 is 6.18 Å². The quantitative estimate of drug-likeness (QED) is 0.605. The maximum Gasteiger partial charge on any atom is 0.435 e. The molecule has 0 N–H and O–H groups in total. The molecule has 0 radical (unpaired) electrons. The van der Waals surface area contributed by atoms with Crippen molar-refractivity contribution in [1.82, 2.24) is 9.78 Å². The SMILES string of the molecule is C[Si](C)(C)CCOCn1nc(C(F)(F)F)c2ccccc21. The van der Waals surface area contributed by atoms with Gasteiger partial charge in [-0.25, -0.2) is 4.68 Å². The van der Waals surface area contributed by atoms with Crippen LogP contribution in [0.4, 0.5) is 13.2 Å². The van der Waals surface area contributed by atoms with Crippen LogP contribution in [0.5, 0.6) is 0 Å². The summed E-state index contributed by atoms with van der Waals surface area (Å²) in [5.74, 6) is 0. The Balaban J connectivity index is 2.17. The minimum atomic E-state index is -4.46. The van der Waals surface area contributed by atoms with Crippen LogP contribution in [0.2, 0.25) is 25.7 Å². The minimum Gasteiger partial charge on any atom is -0.360 e. The van der Waals surface area contributed by atoms with Crippen molar-refractivity contribution in [3.05, 3.63) is 30.0 Å². The fraction of sp³-hybridized carbons (Fsp3) is 0.500. The van der Waals surface area contributed by atoms with Crippen LogP contribution in [0.3, 0.4) is 0 Å². The molecule has 2 rings (SSSR count). The van der Waals surface area contributed by atoms with Gasteiger partial charge in [0.1, 0.15) is 6.73 Å². The van der Waals surface area contributed by atoms with Crippen LogP contribution in [-0.4, -0.2) is 24.5 Å². The zero-order valence-corrected chi connectivity index (χ0v) is 13.4. The molecule has 0 fully saturated rings. The number of benzene rings is 1. The average molecular weight is 316 g/mol. The second-order valence-electron chi connectivity index (χ2n) is 6.21. The molecule has 0 atom stereocenters. The van der Waals surface area contributed by atoms with Crippen LogP contribution in [0.15, 0.2) is 24.3 Å². The summed E-state index contributed by atoms with van der Waals surface area (Å²) in [4.78, 5) is 0. The lowest BCUT2D eigenvalue weighted by atomic mass is 10.2. The van der Waals surface area contributed by atoms with Crippen molar-refractivity contribution < 1.29 is 17.9 Å². The van der Waals surface area contributed by atoms with E-state index in [9.17, 15) is 13.2 Å². The van der Waals surface area contributed by atoms with Gasteiger partial charge in [0.2, 0.25) is 0 Å². The topological polar surface area (TPSA) is 27.1 Å². The van der Waals surface area contributed by atoms with Crippen LogP contribution >= 0.6 is 0 Å². The van der Waals surface area contributed by atoms with Crippen molar-refractivity contribution in [3.63, 3.8) is 0 Å². The highest BCUT2D eigenvalue weighted by Crippen LogP contribution is 2.33. The van der Waals surface area contributed by atoms with Crippen LogP contribution < -0.4 is 0 Å². The molecule has 2 aromatic rings. The first-order valence-electron chi connectivity index (χ1n) is 6.79. The van der Waals surface area contributed by atoms with E-state index in [0.717, 1.165) is 6.04 Å². The molecule has 0 saturated heterocycles. The molecule has 7 heteroatoms. The molecule has 0 amide bonds. The van der Waals surface area contributed by atoms with Crippen LogP contribution in [0.25, 0.3) is 10.9 Å². The number of para-hydroxylation sites is 1. The van der Waals surface area contributed by atoms with Crippen molar-refractivity contribution in [1.29, 1.82) is 0 Å². The van der Waals surface area contributed by atoms with Gasteiger partial charge in [-0.2, -0.15) is 18.3 Å². The predicted octanol–water partition coefficient (Wildman–Crippen LogP) is 4.37. The fourth-order valence-corrected chi connectivity index (χ4v) is 2.72. The lowest BCUT2D eigenvalue weighted by molar-refractivity contribution is -0.140. The van der Waals surface area contributed by atoms with E-state index in [4.69, 9.17) is 4.74 Å². The molecule has 0 aliphatic heterocycles. The summed E-state index contributed by atoms with van der Waals surface area (Å²) in [6.45, 7) is 7.26. The smallest absolute Gasteiger partial charge is 0.360 e. The molecule has 1 aromatic carbocycles. The molecule has 0 aliphatic carbocycles. The Kier molecular flexibility index (Phi) is 4.43. The maximum absolute atomic E-state index is 13.0. The van der Waals surface area contributed by atoms with Gasteiger partial charge in [-0.1, -0.05) is 37.8 Å². The first-order valence-corrected chi connectivity index (χ1v) is 10.5. The zero-order valence-electron chi connectivity index (χ0n) is 12.4. The van der Waals surface area contributed by atoms with E-state index in [2.05, 4.69) is 24.7 Å². The monoisotopic (exact) mass is 316 g/mol. The Morgan fingerprint density at radius 3 is 2.48 bits per heavy atom. The standard InChI is InChI=1S/C14H19F3N2OSi/c1-21(2,3)9-8-20-10-19-12-7-5-4-6-11(12)13(18-19)14(15,16)17/h4-7H,8-10H2,1-3H3. The summed E-state index contributed by atoms with van der Waals surface area (Å²) in [6.07, 6.45) is -4.46. The van der Waals surface area contributed by atoms with E-state index in [1.54, 1.807) is 18.2 Å². The molecular weight excluding hydrogens is 297 g/mol. The maximum atomic E-state index is 13.0. The number of halogens is 3. The van der Waals surface area contributed by atoms with E-state index in [1.165, 1.54) is 10.7 Å². The van der Waals surface area contributed by atoms with Crippen molar-refractivity contribution in [2.45, 2.75) is 38.6 Å². The molecule has 0 spiro atoms. The lowest BCUT2D eigenvalue weighted by Crippen LogP contribution is -2.22. The number of hydrogen-bond donors (Lipinski definition) is 0. The first-order chi connectivity index (χ1) is 9.68. The van der Waals surface area contributed by atoms with Gasteiger partial charge in [-0.3, -0.25) is 0 Å². The van der Waals surface area contributed by atoms with Crippen molar-refractivity contribution >= 4 is 19.0 Å². The predicted molar refractivity (Wildman–Crippen MR) is 78.8 cm³/mol. The Bertz CT molecular complexity index is 617. The number of ether oxygens (including phenoxy) is 1. The number of hydrogen-bond acceptors (Lipinski definition) is 2. The molecule has 1 heterocycles. The van der Waals surface area contributed by atoms with E-state index in [1.807, 2.05) is 0 Å². The molecular formula is C14H19F3N2OSi. The third-order valence-corrected chi connectivity index (χ3v) is 4.84. The van der Waals surface area contributed by atoms with Gasteiger partial charge in [-0.15, -0.1) is 0 Å². The largest absolute Gasteiger partial charge is 0.435 e. The van der Waals surface area contributed by atoms with Crippen molar-refractivity contribution in [3.8, 4) is 0 Å². The number of rotatable bonds is 5. The van der Waals surface area contributed by atoms with E-state index < -0.39 is 19.9 Å². The van der Waals surface area contributed by atoms with Gasteiger partial charge in [0.15, 0.2) is 5.69 Å². The van der Waals surface area contributed by atoms with Gasteiger partial charge in [0.25, 0.3) is 0 Å². The molecule has 1 aromatic heterocycles. The fourth-order valence-electron chi connectivity index (χ4n) is 1.96. The summed E-state index contributed by atoms with van der Waals surface area (Å²) in [5, 5.41) is 3.78. The van der Waals surface area contributed by atoms with Crippen LogP contribution in [0, 0.1) is 0 Å². The summed E-state index contributed by atoms with van der Waals surface area (Å²) >= 11 is 0. The van der Waals surface area contributed by atoms with Gasteiger partial charge < -0.3 is 4.74 Å². The third kappa shape index (κ3) is 4.07. The zero-order chi connectivity index (χ0) is 15.7. The Labute approximate surface area is 122 Å². The average Bonchev–Trinajstić information content (AvgIpc) is 2.72. The lowest BCUT2D eigenvalue weighted by Gasteiger charge is -2.15. The normalized spacial score (nSPS) is 13.0. The summed E-state index contributed by atoms with van der Waals surface area (Å²) in [7, 11) is -1.21. The highest BCUT2D eigenvalue weighted by molar-refractivity contribution is 6.76. The second-order valence-corrected chi connectivity index (χ2v) is 11.8. The molecule has 0 unspecified atom stereocenters. The number of aromatic nitrogens is 2. The van der Waals surface area contributed by atoms with Crippen LogP contribution in [-0.2, 0) is 17.6 Å². The Morgan fingerprint density at radius 1 is 1.19 bits per heavy atom. The summed E-state index contributed by atoms with van der Waals surface area (Å²) < 4.78 is 45.7. The van der Waals surface area contributed by atoms with Gasteiger partial charge in [-0.05, 0) is 12.1 Å². The number of nitrogens with zero attached hydrogens (tertiary/aromatic N) is 2. The molecule has 0 bridgehead atoms.